The molecule has 0 spiro atoms. The minimum Gasteiger partial charge on any atom is -0.370 e. The van der Waals surface area contributed by atoms with Crippen molar-refractivity contribution in [3.63, 3.8) is 0 Å². The average Bonchev–Trinajstić information content (AvgIpc) is 2.39. The Balaban J connectivity index is 2.32. The first-order valence-corrected chi connectivity index (χ1v) is 6.11. The van der Waals surface area contributed by atoms with Gasteiger partial charge in [-0.25, -0.2) is 8.78 Å². The van der Waals surface area contributed by atoms with Crippen LogP contribution in [0.5, 0.6) is 0 Å². The summed E-state index contributed by atoms with van der Waals surface area (Å²) in [6.45, 7) is 0. The van der Waals surface area contributed by atoms with Crippen LogP contribution in [0.25, 0.3) is 0 Å². The van der Waals surface area contributed by atoms with Crippen molar-refractivity contribution >= 4 is 23.2 Å². The van der Waals surface area contributed by atoms with Crippen molar-refractivity contribution in [3.05, 3.63) is 64.7 Å². The maximum atomic E-state index is 13.1. The zero-order valence-electron chi connectivity index (χ0n) is 10.2. The van der Waals surface area contributed by atoms with Gasteiger partial charge in [0.15, 0.2) is 0 Å². The van der Waals surface area contributed by atoms with Gasteiger partial charge in [-0.15, -0.1) is 0 Å². The van der Waals surface area contributed by atoms with Gasteiger partial charge >= 0.3 is 0 Å². The SMILES string of the molecule is NC(=O)C(Nc1cccc(F)c1)c1ccc(F)c(Cl)c1. The Kier molecular flexibility index (Phi) is 4.20. The Labute approximate surface area is 119 Å². The highest BCUT2D eigenvalue weighted by molar-refractivity contribution is 6.30. The van der Waals surface area contributed by atoms with Gasteiger partial charge in [-0.05, 0) is 35.9 Å². The molecule has 104 valence electrons. The third-order valence-electron chi connectivity index (χ3n) is 2.70. The van der Waals surface area contributed by atoms with Crippen LogP contribution in [0.1, 0.15) is 11.6 Å². The fourth-order valence-corrected chi connectivity index (χ4v) is 1.94. The normalized spacial score (nSPS) is 11.9. The van der Waals surface area contributed by atoms with E-state index in [1.165, 1.54) is 30.3 Å². The highest BCUT2D eigenvalue weighted by Crippen LogP contribution is 2.24. The third-order valence-corrected chi connectivity index (χ3v) is 2.99. The molecule has 0 saturated heterocycles. The highest BCUT2D eigenvalue weighted by Gasteiger charge is 2.19. The van der Waals surface area contributed by atoms with Gasteiger partial charge < -0.3 is 11.1 Å². The monoisotopic (exact) mass is 296 g/mol. The predicted octanol–water partition coefficient (Wildman–Crippen LogP) is 3.26. The molecule has 0 aliphatic heterocycles. The Morgan fingerprint density at radius 1 is 1.20 bits per heavy atom. The van der Waals surface area contributed by atoms with Crippen molar-refractivity contribution in [2.24, 2.45) is 5.73 Å². The number of hydrogen-bond acceptors (Lipinski definition) is 2. The molecule has 0 aliphatic rings. The van der Waals surface area contributed by atoms with Crippen LogP contribution in [-0.4, -0.2) is 5.91 Å². The van der Waals surface area contributed by atoms with Crippen LogP contribution in [0.15, 0.2) is 42.5 Å². The number of primary amides is 1. The van der Waals surface area contributed by atoms with E-state index in [1.54, 1.807) is 6.07 Å². The number of halogens is 3. The van der Waals surface area contributed by atoms with Crippen LogP contribution in [0.3, 0.4) is 0 Å². The minimum atomic E-state index is -0.935. The molecule has 6 heteroatoms. The topological polar surface area (TPSA) is 55.1 Å². The highest BCUT2D eigenvalue weighted by atomic mass is 35.5. The van der Waals surface area contributed by atoms with E-state index in [1.807, 2.05) is 0 Å². The van der Waals surface area contributed by atoms with Crippen molar-refractivity contribution in [2.45, 2.75) is 6.04 Å². The molecule has 0 aromatic heterocycles. The number of nitrogens with one attached hydrogen (secondary N) is 1. The van der Waals surface area contributed by atoms with E-state index in [-0.39, 0.29) is 5.02 Å². The third kappa shape index (κ3) is 3.24. The second-order valence-corrected chi connectivity index (χ2v) is 4.57. The van der Waals surface area contributed by atoms with E-state index in [4.69, 9.17) is 17.3 Å². The number of rotatable bonds is 4. The number of amides is 1. The zero-order valence-corrected chi connectivity index (χ0v) is 11.0. The summed E-state index contributed by atoms with van der Waals surface area (Å²) in [5, 5.41) is 2.67. The molecular formula is C14H11ClF2N2O. The summed E-state index contributed by atoms with van der Waals surface area (Å²) in [6.07, 6.45) is 0. The van der Waals surface area contributed by atoms with Crippen molar-refractivity contribution in [1.29, 1.82) is 0 Å². The van der Waals surface area contributed by atoms with Gasteiger partial charge in [-0.2, -0.15) is 0 Å². The summed E-state index contributed by atoms with van der Waals surface area (Å²) in [5.74, 6) is -1.73. The second kappa shape index (κ2) is 5.88. The Morgan fingerprint density at radius 2 is 1.95 bits per heavy atom. The van der Waals surface area contributed by atoms with Gasteiger partial charge in [0, 0.05) is 5.69 Å². The minimum absolute atomic E-state index is 0.116. The number of benzene rings is 2. The molecule has 2 rings (SSSR count). The first-order chi connectivity index (χ1) is 9.47. The van der Waals surface area contributed by atoms with Gasteiger partial charge in [0.25, 0.3) is 0 Å². The molecule has 0 fully saturated rings. The van der Waals surface area contributed by atoms with Crippen molar-refractivity contribution in [1.82, 2.24) is 0 Å². The number of nitrogens with two attached hydrogens (primary N) is 1. The number of anilines is 1. The van der Waals surface area contributed by atoms with Gasteiger partial charge in [0.1, 0.15) is 17.7 Å². The van der Waals surface area contributed by atoms with E-state index in [0.717, 1.165) is 6.07 Å². The molecule has 2 aromatic carbocycles. The first kappa shape index (κ1) is 14.3. The van der Waals surface area contributed by atoms with Crippen LogP contribution in [0.2, 0.25) is 5.02 Å². The lowest BCUT2D eigenvalue weighted by molar-refractivity contribution is -0.118. The molecule has 1 amide bonds. The average molecular weight is 297 g/mol. The smallest absolute Gasteiger partial charge is 0.244 e. The fourth-order valence-electron chi connectivity index (χ4n) is 1.76. The maximum Gasteiger partial charge on any atom is 0.244 e. The van der Waals surface area contributed by atoms with Crippen molar-refractivity contribution in [2.75, 3.05) is 5.32 Å². The molecule has 0 radical (unpaired) electrons. The molecule has 1 unspecified atom stereocenters. The van der Waals surface area contributed by atoms with Crippen molar-refractivity contribution in [3.8, 4) is 0 Å². The molecule has 1 atom stereocenters. The first-order valence-electron chi connectivity index (χ1n) is 5.74. The molecule has 0 bridgehead atoms. The van der Waals surface area contributed by atoms with Gasteiger partial charge in [-0.3, -0.25) is 4.79 Å². The summed E-state index contributed by atoms with van der Waals surface area (Å²) in [5.41, 5.74) is 6.09. The fraction of sp³-hybridized carbons (Fsp3) is 0.0714. The summed E-state index contributed by atoms with van der Waals surface area (Å²) in [4.78, 5) is 11.5. The number of carbonyl (C=O) groups is 1. The van der Waals surface area contributed by atoms with Crippen LogP contribution in [0.4, 0.5) is 14.5 Å². The van der Waals surface area contributed by atoms with E-state index in [2.05, 4.69) is 5.32 Å². The quantitative estimate of drug-likeness (QED) is 0.910. The summed E-state index contributed by atoms with van der Waals surface area (Å²) < 4.78 is 26.2. The second-order valence-electron chi connectivity index (χ2n) is 4.16. The molecular weight excluding hydrogens is 286 g/mol. The summed E-state index contributed by atoms with van der Waals surface area (Å²) >= 11 is 5.68. The predicted molar refractivity (Wildman–Crippen MR) is 73.4 cm³/mol. The van der Waals surface area contributed by atoms with Gasteiger partial charge in [0.05, 0.1) is 5.02 Å². The molecule has 3 N–H and O–H groups in total. The molecule has 0 heterocycles. The largest absolute Gasteiger partial charge is 0.370 e. The van der Waals surface area contributed by atoms with Crippen LogP contribution < -0.4 is 11.1 Å². The lowest BCUT2D eigenvalue weighted by Crippen LogP contribution is -2.27. The molecule has 0 saturated carbocycles. The van der Waals surface area contributed by atoms with E-state index < -0.39 is 23.6 Å². The van der Waals surface area contributed by atoms with Crippen LogP contribution in [0, 0.1) is 11.6 Å². The van der Waals surface area contributed by atoms with E-state index in [9.17, 15) is 13.6 Å². The Hall–Kier alpha value is -2.14. The molecule has 0 aliphatic carbocycles. The van der Waals surface area contributed by atoms with E-state index >= 15 is 0 Å². The molecule has 2 aromatic rings. The van der Waals surface area contributed by atoms with Gasteiger partial charge in [0.2, 0.25) is 5.91 Å². The zero-order chi connectivity index (χ0) is 14.7. The number of hydrogen-bond donors (Lipinski definition) is 2. The molecule has 20 heavy (non-hydrogen) atoms. The van der Waals surface area contributed by atoms with Gasteiger partial charge in [-0.1, -0.05) is 23.7 Å². The summed E-state index contributed by atoms with van der Waals surface area (Å²) in [7, 11) is 0. The standard InChI is InChI=1S/C14H11ClF2N2O/c15-11-6-8(4-5-12(11)17)13(14(18)20)19-10-3-1-2-9(16)7-10/h1-7,13,19H,(H2,18,20). The lowest BCUT2D eigenvalue weighted by Gasteiger charge is -2.17. The Bertz CT molecular complexity index is 649. The lowest BCUT2D eigenvalue weighted by atomic mass is 10.1. The maximum absolute atomic E-state index is 13.1. The molecule has 3 nitrogen and oxygen atoms in total. The Morgan fingerprint density at radius 3 is 2.55 bits per heavy atom. The van der Waals surface area contributed by atoms with Crippen molar-refractivity contribution < 1.29 is 13.6 Å². The van der Waals surface area contributed by atoms with Crippen LogP contribution >= 0.6 is 11.6 Å². The van der Waals surface area contributed by atoms with Crippen LogP contribution in [-0.2, 0) is 4.79 Å². The summed E-state index contributed by atoms with van der Waals surface area (Å²) in [6, 6.07) is 8.48. The van der Waals surface area contributed by atoms with E-state index in [0.29, 0.717) is 11.3 Å². The number of carbonyl (C=O) groups excluding carboxylic acids is 1.